The monoisotopic (exact) mass is 128 g/mol. The molecule has 2 N–H and O–H groups in total. The highest BCUT2D eigenvalue weighted by Gasteiger charge is 2.19. The molecular formula is C6H12N2O. The molecule has 3 heteroatoms. The van der Waals surface area contributed by atoms with E-state index in [1.54, 1.807) is 6.92 Å². The molecule has 0 aromatic rings. The molecule has 9 heavy (non-hydrogen) atoms. The summed E-state index contributed by atoms with van der Waals surface area (Å²) < 4.78 is 0. The number of amidine groups is 1. The Balaban J connectivity index is 2.39. The van der Waals surface area contributed by atoms with Crippen molar-refractivity contribution in [3.05, 3.63) is 0 Å². The lowest BCUT2D eigenvalue weighted by atomic mass is 10.3. The van der Waals surface area contributed by atoms with Gasteiger partial charge in [0.05, 0.1) is 11.9 Å². The van der Waals surface area contributed by atoms with Crippen molar-refractivity contribution in [1.82, 2.24) is 4.90 Å². The van der Waals surface area contributed by atoms with Gasteiger partial charge in [-0.3, -0.25) is 5.41 Å². The van der Waals surface area contributed by atoms with E-state index in [2.05, 4.69) is 0 Å². The van der Waals surface area contributed by atoms with Crippen LogP contribution in [-0.4, -0.2) is 35.0 Å². The molecule has 52 valence electrons. The molecule has 1 rings (SSSR count). The first-order valence-corrected chi connectivity index (χ1v) is 3.18. The van der Waals surface area contributed by atoms with Crippen molar-refractivity contribution in [3.63, 3.8) is 0 Å². The van der Waals surface area contributed by atoms with Crippen LogP contribution in [0.5, 0.6) is 0 Å². The molecule has 0 amide bonds. The van der Waals surface area contributed by atoms with Crippen molar-refractivity contribution in [2.75, 3.05) is 13.1 Å². The Morgan fingerprint density at radius 3 is 2.67 bits per heavy atom. The standard InChI is InChI=1S/C6H12N2O/c1-5(7)8-3-2-6(9)4-8/h6-7,9H,2-4H2,1H3. The average molecular weight is 128 g/mol. The van der Waals surface area contributed by atoms with Gasteiger partial charge in [-0.05, 0) is 13.3 Å². The highest BCUT2D eigenvalue weighted by atomic mass is 16.3. The second-order valence-electron chi connectivity index (χ2n) is 2.47. The van der Waals surface area contributed by atoms with Gasteiger partial charge >= 0.3 is 0 Å². The van der Waals surface area contributed by atoms with Crippen LogP contribution in [0.15, 0.2) is 0 Å². The fourth-order valence-corrected chi connectivity index (χ4v) is 1.05. The summed E-state index contributed by atoms with van der Waals surface area (Å²) in [6.45, 7) is 3.24. The van der Waals surface area contributed by atoms with E-state index < -0.39 is 0 Å². The van der Waals surface area contributed by atoms with E-state index in [4.69, 9.17) is 10.5 Å². The maximum absolute atomic E-state index is 9.01. The van der Waals surface area contributed by atoms with Crippen LogP contribution < -0.4 is 0 Å². The number of likely N-dealkylation sites (tertiary alicyclic amines) is 1. The first-order valence-electron chi connectivity index (χ1n) is 3.18. The molecule has 1 fully saturated rings. The molecule has 0 spiro atoms. The van der Waals surface area contributed by atoms with Crippen molar-refractivity contribution in [2.24, 2.45) is 0 Å². The van der Waals surface area contributed by atoms with Gasteiger partial charge < -0.3 is 10.0 Å². The lowest BCUT2D eigenvalue weighted by Crippen LogP contribution is -2.26. The third-order valence-electron chi connectivity index (χ3n) is 1.64. The minimum absolute atomic E-state index is 0.203. The van der Waals surface area contributed by atoms with Gasteiger partial charge in [0, 0.05) is 13.1 Å². The van der Waals surface area contributed by atoms with E-state index in [0.29, 0.717) is 12.4 Å². The molecular weight excluding hydrogens is 116 g/mol. The fraction of sp³-hybridized carbons (Fsp3) is 0.833. The number of aliphatic hydroxyl groups is 1. The largest absolute Gasteiger partial charge is 0.391 e. The van der Waals surface area contributed by atoms with Crippen LogP contribution >= 0.6 is 0 Å². The van der Waals surface area contributed by atoms with Gasteiger partial charge in [0.15, 0.2) is 0 Å². The predicted octanol–water partition coefficient (Wildman–Crippen LogP) is 0.0502. The van der Waals surface area contributed by atoms with E-state index >= 15 is 0 Å². The smallest absolute Gasteiger partial charge is 0.0926 e. The Hall–Kier alpha value is -0.570. The lowest BCUT2D eigenvalue weighted by Gasteiger charge is -2.14. The van der Waals surface area contributed by atoms with Crippen LogP contribution in [0.1, 0.15) is 13.3 Å². The number of β-amino-alcohol motifs (C(OH)–C–C–N with tert-alkyl or cyclic N) is 1. The molecule has 1 unspecified atom stereocenters. The zero-order chi connectivity index (χ0) is 6.85. The molecule has 1 heterocycles. The summed E-state index contributed by atoms with van der Waals surface area (Å²) in [6.07, 6.45) is 0.612. The number of rotatable bonds is 0. The van der Waals surface area contributed by atoms with Crippen molar-refractivity contribution < 1.29 is 5.11 Å². The molecule has 0 saturated carbocycles. The minimum Gasteiger partial charge on any atom is -0.391 e. The minimum atomic E-state index is -0.203. The third-order valence-corrected chi connectivity index (χ3v) is 1.64. The van der Waals surface area contributed by atoms with Crippen molar-refractivity contribution in [3.8, 4) is 0 Å². The number of hydrogen-bond acceptors (Lipinski definition) is 2. The molecule has 0 aromatic carbocycles. The summed E-state index contributed by atoms with van der Waals surface area (Å²) in [5.74, 6) is 0.562. The van der Waals surface area contributed by atoms with Crippen molar-refractivity contribution in [1.29, 1.82) is 5.41 Å². The van der Waals surface area contributed by atoms with Gasteiger partial charge in [-0.1, -0.05) is 0 Å². The zero-order valence-corrected chi connectivity index (χ0v) is 5.59. The Morgan fingerprint density at radius 2 is 2.44 bits per heavy atom. The van der Waals surface area contributed by atoms with E-state index in [9.17, 15) is 0 Å². The summed E-state index contributed by atoms with van der Waals surface area (Å²) in [7, 11) is 0. The van der Waals surface area contributed by atoms with Crippen molar-refractivity contribution >= 4 is 5.84 Å². The first-order chi connectivity index (χ1) is 4.20. The Bertz CT molecular complexity index is 124. The van der Waals surface area contributed by atoms with Gasteiger partial charge in [0.25, 0.3) is 0 Å². The molecule has 0 aromatic heterocycles. The van der Waals surface area contributed by atoms with E-state index in [-0.39, 0.29) is 6.10 Å². The number of aliphatic hydroxyl groups excluding tert-OH is 1. The van der Waals surface area contributed by atoms with Gasteiger partial charge in [-0.15, -0.1) is 0 Å². The van der Waals surface area contributed by atoms with Crippen LogP contribution in [0.25, 0.3) is 0 Å². The van der Waals surface area contributed by atoms with Crippen LogP contribution in [0.2, 0.25) is 0 Å². The molecule has 3 nitrogen and oxygen atoms in total. The van der Waals surface area contributed by atoms with Gasteiger partial charge in [0.2, 0.25) is 0 Å². The Labute approximate surface area is 54.8 Å². The summed E-state index contributed by atoms with van der Waals surface area (Å²) in [4.78, 5) is 1.88. The molecule has 0 bridgehead atoms. The molecule has 1 aliphatic heterocycles. The van der Waals surface area contributed by atoms with Crippen molar-refractivity contribution in [2.45, 2.75) is 19.4 Å². The topological polar surface area (TPSA) is 47.3 Å². The summed E-state index contributed by atoms with van der Waals surface area (Å²) in [6, 6.07) is 0. The second-order valence-corrected chi connectivity index (χ2v) is 2.47. The quantitative estimate of drug-likeness (QED) is 0.357. The highest BCUT2D eigenvalue weighted by Crippen LogP contribution is 2.07. The summed E-state index contributed by atoms with van der Waals surface area (Å²) >= 11 is 0. The van der Waals surface area contributed by atoms with Crippen LogP contribution in [0, 0.1) is 5.41 Å². The first kappa shape index (κ1) is 6.55. The average Bonchev–Trinajstić information content (AvgIpc) is 2.14. The fourth-order valence-electron chi connectivity index (χ4n) is 1.05. The molecule has 1 atom stereocenters. The molecule has 1 aliphatic rings. The second kappa shape index (κ2) is 2.35. The van der Waals surface area contributed by atoms with E-state index in [1.807, 2.05) is 4.90 Å². The predicted molar refractivity (Wildman–Crippen MR) is 35.6 cm³/mol. The zero-order valence-electron chi connectivity index (χ0n) is 5.59. The SMILES string of the molecule is CC(=N)N1CCC(O)C1. The van der Waals surface area contributed by atoms with Crippen LogP contribution in [0.3, 0.4) is 0 Å². The Kier molecular flexibility index (Phi) is 1.71. The highest BCUT2D eigenvalue weighted by molar-refractivity contribution is 5.76. The van der Waals surface area contributed by atoms with E-state index in [0.717, 1.165) is 13.0 Å². The molecule has 1 saturated heterocycles. The number of nitrogens with one attached hydrogen (secondary N) is 1. The summed E-state index contributed by atoms with van der Waals surface area (Å²) in [5, 5.41) is 16.2. The lowest BCUT2D eigenvalue weighted by molar-refractivity contribution is 0.188. The van der Waals surface area contributed by atoms with Gasteiger partial charge in [0.1, 0.15) is 0 Å². The van der Waals surface area contributed by atoms with Gasteiger partial charge in [-0.25, -0.2) is 0 Å². The van der Waals surface area contributed by atoms with Crippen LogP contribution in [-0.2, 0) is 0 Å². The number of nitrogens with zero attached hydrogens (tertiary/aromatic N) is 1. The maximum atomic E-state index is 9.01. The molecule has 0 radical (unpaired) electrons. The summed E-state index contributed by atoms with van der Waals surface area (Å²) in [5.41, 5.74) is 0. The van der Waals surface area contributed by atoms with Gasteiger partial charge in [-0.2, -0.15) is 0 Å². The normalized spacial score (nSPS) is 26.9. The Morgan fingerprint density at radius 1 is 1.78 bits per heavy atom. The van der Waals surface area contributed by atoms with E-state index in [1.165, 1.54) is 0 Å². The molecule has 0 aliphatic carbocycles. The maximum Gasteiger partial charge on any atom is 0.0926 e. The van der Waals surface area contributed by atoms with Crippen LogP contribution in [0.4, 0.5) is 0 Å². The number of hydrogen-bond donors (Lipinski definition) is 2. The third kappa shape index (κ3) is 1.42.